The van der Waals surface area contributed by atoms with E-state index in [1.807, 2.05) is 20.8 Å². The van der Waals surface area contributed by atoms with Crippen molar-refractivity contribution in [1.29, 1.82) is 0 Å². The standard InChI is InChI=1S/C16H15F2N5OS/c1-8-9(2)19-15-21-16(22-23(15)10(8)3)25-7-14(24)20-13-6-11(17)4-5-12(13)18/h4-6H,7H2,1-3H3,(H,20,24). The maximum absolute atomic E-state index is 13.5. The Morgan fingerprint density at radius 3 is 2.76 bits per heavy atom. The number of carbonyl (C=O) groups excluding carboxylic acids is 1. The Kier molecular flexibility index (Phi) is 4.67. The Labute approximate surface area is 146 Å². The van der Waals surface area contributed by atoms with Crippen molar-refractivity contribution in [2.24, 2.45) is 0 Å². The summed E-state index contributed by atoms with van der Waals surface area (Å²) in [5, 5.41) is 7.03. The highest BCUT2D eigenvalue weighted by Gasteiger charge is 2.13. The number of halogens is 2. The second-order valence-electron chi connectivity index (χ2n) is 5.47. The van der Waals surface area contributed by atoms with E-state index in [1.165, 1.54) is 0 Å². The smallest absolute Gasteiger partial charge is 0.253 e. The Morgan fingerprint density at radius 2 is 2.00 bits per heavy atom. The molecule has 25 heavy (non-hydrogen) atoms. The highest BCUT2D eigenvalue weighted by molar-refractivity contribution is 7.99. The van der Waals surface area contributed by atoms with E-state index in [1.54, 1.807) is 4.52 Å². The van der Waals surface area contributed by atoms with Crippen molar-refractivity contribution in [3.05, 3.63) is 46.8 Å². The van der Waals surface area contributed by atoms with Gasteiger partial charge in [-0.3, -0.25) is 4.79 Å². The average Bonchev–Trinajstić information content (AvgIpc) is 2.97. The number of benzene rings is 1. The van der Waals surface area contributed by atoms with Gasteiger partial charge in [0.2, 0.25) is 11.1 Å². The van der Waals surface area contributed by atoms with Crippen LogP contribution in [0.4, 0.5) is 14.5 Å². The van der Waals surface area contributed by atoms with Gasteiger partial charge in [0, 0.05) is 17.5 Å². The van der Waals surface area contributed by atoms with Crippen molar-refractivity contribution in [3.8, 4) is 0 Å². The van der Waals surface area contributed by atoms with Gasteiger partial charge < -0.3 is 5.32 Å². The van der Waals surface area contributed by atoms with Crippen LogP contribution in [0, 0.1) is 32.4 Å². The van der Waals surface area contributed by atoms with Crippen LogP contribution in [-0.4, -0.2) is 31.2 Å². The first-order valence-corrected chi connectivity index (χ1v) is 8.42. The summed E-state index contributed by atoms with van der Waals surface area (Å²) < 4.78 is 28.3. The van der Waals surface area contributed by atoms with Gasteiger partial charge in [0.05, 0.1) is 11.4 Å². The second kappa shape index (κ2) is 6.75. The zero-order valence-corrected chi connectivity index (χ0v) is 14.6. The molecule has 0 saturated heterocycles. The lowest BCUT2D eigenvalue weighted by molar-refractivity contribution is -0.113. The van der Waals surface area contributed by atoms with Crippen LogP contribution in [0.3, 0.4) is 0 Å². The maximum Gasteiger partial charge on any atom is 0.253 e. The molecule has 0 aliphatic carbocycles. The third-order valence-electron chi connectivity index (χ3n) is 3.78. The first-order valence-electron chi connectivity index (χ1n) is 7.43. The molecule has 0 aliphatic heterocycles. The highest BCUT2D eigenvalue weighted by Crippen LogP contribution is 2.19. The third kappa shape index (κ3) is 3.60. The van der Waals surface area contributed by atoms with E-state index in [-0.39, 0.29) is 11.4 Å². The largest absolute Gasteiger partial charge is 0.323 e. The summed E-state index contributed by atoms with van der Waals surface area (Å²) in [6.45, 7) is 5.76. The molecule has 0 fully saturated rings. The molecule has 0 bridgehead atoms. The summed E-state index contributed by atoms with van der Waals surface area (Å²) in [4.78, 5) is 20.6. The van der Waals surface area contributed by atoms with Crippen molar-refractivity contribution in [1.82, 2.24) is 19.6 Å². The molecule has 1 N–H and O–H groups in total. The monoisotopic (exact) mass is 363 g/mol. The Hall–Kier alpha value is -2.55. The molecule has 9 heteroatoms. The van der Waals surface area contributed by atoms with E-state index in [2.05, 4.69) is 20.4 Å². The average molecular weight is 363 g/mol. The highest BCUT2D eigenvalue weighted by atomic mass is 32.2. The number of aromatic nitrogens is 4. The van der Waals surface area contributed by atoms with Gasteiger partial charge in [-0.05, 0) is 38.5 Å². The molecule has 0 aliphatic rings. The fraction of sp³-hybridized carbons (Fsp3) is 0.250. The number of nitrogens with one attached hydrogen (secondary N) is 1. The maximum atomic E-state index is 13.5. The lowest BCUT2D eigenvalue weighted by atomic mass is 10.2. The molecule has 3 rings (SSSR count). The van der Waals surface area contributed by atoms with Crippen LogP contribution in [-0.2, 0) is 4.79 Å². The van der Waals surface area contributed by atoms with Crippen LogP contribution in [0.15, 0.2) is 23.4 Å². The van der Waals surface area contributed by atoms with Crippen molar-refractivity contribution in [2.75, 3.05) is 11.1 Å². The quantitative estimate of drug-likeness (QED) is 0.722. The predicted molar refractivity (Wildman–Crippen MR) is 90.7 cm³/mol. The molecule has 2 heterocycles. The number of amides is 1. The van der Waals surface area contributed by atoms with E-state index in [4.69, 9.17) is 0 Å². The molecular weight excluding hydrogens is 348 g/mol. The number of anilines is 1. The lowest BCUT2D eigenvalue weighted by Gasteiger charge is -2.05. The lowest BCUT2D eigenvalue weighted by Crippen LogP contribution is -2.15. The van der Waals surface area contributed by atoms with Crippen molar-refractivity contribution in [3.63, 3.8) is 0 Å². The van der Waals surface area contributed by atoms with Crippen molar-refractivity contribution in [2.45, 2.75) is 25.9 Å². The second-order valence-corrected chi connectivity index (χ2v) is 6.42. The van der Waals surface area contributed by atoms with E-state index in [9.17, 15) is 13.6 Å². The minimum Gasteiger partial charge on any atom is -0.323 e. The zero-order valence-electron chi connectivity index (χ0n) is 13.8. The number of aryl methyl sites for hydroxylation is 2. The van der Waals surface area contributed by atoms with Crippen molar-refractivity contribution < 1.29 is 13.6 Å². The topological polar surface area (TPSA) is 72.2 Å². The molecule has 1 amide bonds. The normalized spacial score (nSPS) is 11.1. The predicted octanol–water partition coefficient (Wildman–Crippen LogP) is 3.06. The van der Waals surface area contributed by atoms with Gasteiger partial charge in [-0.25, -0.2) is 18.3 Å². The summed E-state index contributed by atoms with van der Waals surface area (Å²) in [6, 6.07) is 2.88. The summed E-state index contributed by atoms with van der Waals surface area (Å²) >= 11 is 1.09. The molecular formula is C16H15F2N5OS. The molecule has 2 aromatic heterocycles. The fourth-order valence-corrected chi connectivity index (χ4v) is 2.83. The van der Waals surface area contributed by atoms with Gasteiger partial charge in [-0.1, -0.05) is 11.8 Å². The fourth-order valence-electron chi connectivity index (χ4n) is 2.21. The SMILES string of the molecule is Cc1nc2nc(SCC(=O)Nc3cc(F)ccc3F)nn2c(C)c1C. The third-order valence-corrected chi connectivity index (χ3v) is 4.61. The minimum absolute atomic E-state index is 0.0379. The molecule has 3 aromatic rings. The van der Waals surface area contributed by atoms with E-state index in [0.717, 1.165) is 46.9 Å². The Balaban J connectivity index is 1.71. The Bertz CT molecular complexity index is 973. The molecule has 0 spiro atoms. The molecule has 6 nitrogen and oxygen atoms in total. The number of nitrogens with zero attached hydrogens (tertiary/aromatic N) is 4. The van der Waals surface area contributed by atoms with Gasteiger partial charge in [0.25, 0.3) is 5.78 Å². The molecule has 130 valence electrons. The first-order chi connectivity index (χ1) is 11.8. The van der Waals surface area contributed by atoms with Crippen LogP contribution >= 0.6 is 11.8 Å². The number of thioether (sulfide) groups is 1. The summed E-state index contributed by atoms with van der Waals surface area (Å²) in [5.74, 6) is -1.38. The summed E-state index contributed by atoms with van der Waals surface area (Å²) in [7, 11) is 0. The number of carbonyl (C=O) groups is 1. The minimum atomic E-state index is -0.698. The van der Waals surface area contributed by atoms with E-state index >= 15 is 0 Å². The number of hydrogen-bond donors (Lipinski definition) is 1. The van der Waals surface area contributed by atoms with E-state index < -0.39 is 17.5 Å². The van der Waals surface area contributed by atoms with E-state index in [0.29, 0.717) is 10.9 Å². The molecule has 0 unspecified atom stereocenters. The number of hydrogen-bond acceptors (Lipinski definition) is 5. The number of fused-ring (bicyclic) bond motifs is 1. The van der Waals surface area contributed by atoms with Crippen LogP contribution < -0.4 is 5.32 Å². The first kappa shape index (κ1) is 17.3. The molecule has 0 saturated carbocycles. The zero-order chi connectivity index (χ0) is 18.1. The van der Waals surface area contributed by atoms with Gasteiger partial charge in [0.1, 0.15) is 11.6 Å². The van der Waals surface area contributed by atoms with Gasteiger partial charge in [-0.2, -0.15) is 4.98 Å². The van der Waals surface area contributed by atoms with Gasteiger partial charge in [-0.15, -0.1) is 5.10 Å². The van der Waals surface area contributed by atoms with Crippen LogP contribution in [0.1, 0.15) is 17.0 Å². The summed E-state index contributed by atoms with van der Waals surface area (Å²) in [6.07, 6.45) is 0. The van der Waals surface area contributed by atoms with Crippen molar-refractivity contribution >= 4 is 29.1 Å². The van der Waals surface area contributed by atoms with Gasteiger partial charge >= 0.3 is 0 Å². The molecule has 0 radical (unpaired) electrons. The Morgan fingerprint density at radius 1 is 1.24 bits per heavy atom. The van der Waals surface area contributed by atoms with Crippen LogP contribution in [0.5, 0.6) is 0 Å². The van der Waals surface area contributed by atoms with Crippen LogP contribution in [0.2, 0.25) is 0 Å². The van der Waals surface area contributed by atoms with Gasteiger partial charge in [0.15, 0.2) is 0 Å². The molecule has 1 aromatic carbocycles. The van der Waals surface area contributed by atoms with Crippen LogP contribution in [0.25, 0.3) is 5.78 Å². The number of rotatable bonds is 4. The summed E-state index contributed by atoms with van der Waals surface area (Å²) in [5.41, 5.74) is 2.62. The molecule has 0 atom stereocenters.